The summed E-state index contributed by atoms with van der Waals surface area (Å²) < 4.78 is 18.9. The van der Waals surface area contributed by atoms with Gasteiger partial charge in [0.05, 0.1) is 5.02 Å². The van der Waals surface area contributed by atoms with Gasteiger partial charge >= 0.3 is 6.01 Å². The van der Waals surface area contributed by atoms with E-state index in [1.165, 1.54) is 12.1 Å². The van der Waals surface area contributed by atoms with Crippen molar-refractivity contribution in [3.63, 3.8) is 0 Å². The molecule has 5 nitrogen and oxygen atoms in total. The third-order valence-electron chi connectivity index (χ3n) is 2.04. The Balaban J connectivity index is 2.30. The predicted molar refractivity (Wildman–Crippen MR) is 70.5 cm³/mol. The molecule has 0 spiro atoms. The van der Waals surface area contributed by atoms with Gasteiger partial charge in [0, 0.05) is 6.54 Å². The van der Waals surface area contributed by atoms with E-state index in [9.17, 15) is 4.39 Å². The van der Waals surface area contributed by atoms with Gasteiger partial charge in [-0.2, -0.15) is 15.0 Å². The second-order valence-corrected chi connectivity index (χ2v) is 4.14. The van der Waals surface area contributed by atoms with Gasteiger partial charge in [0.2, 0.25) is 11.2 Å². The molecule has 100 valence electrons. The summed E-state index contributed by atoms with van der Waals surface area (Å²) in [6.45, 7) is 2.47. The Morgan fingerprint density at radius 2 is 2.05 bits per heavy atom. The van der Waals surface area contributed by atoms with Crippen LogP contribution in [0.2, 0.25) is 10.3 Å². The highest BCUT2D eigenvalue weighted by Crippen LogP contribution is 2.27. The van der Waals surface area contributed by atoms with E-state index in [0.29, 0.717) is 6.54 Å². The van der Waals surface area contributed by atoms with Gasteiger partial charge < -0.3 is 10.1 Å². The topological polar surface area (TPSA) is 59.9 Å². The van der Waals surface area contributed by atoms with Crippen LogP contribution in [0, 0.1) is 5.82 Å². The van der Waals surface area contributed by atoms with E-state index in [2.05, 4.69) is 20.3 Å². The van der Waals surface area contributed by atoms with Crippen LogP contribution in [-0.4, -0.2) is 21.5 Å². The summed E-state index contributed by atoms with van der Waals surface area (Å²) in [6, 6.07) is 4.26. The molecular formula is C11H9Cl2FN4O. The molecule has 0 aliphatic carbocycles. The second-order valence-electron chi connectivity index (χ2n) is 3.39. The van der Waals surface area contributed by atoms with Crippen molar-refractivity contribution in [2.75, 3.05) is 11.9 Å². The monoisotopic (exact) mass is 302 g/mol. The van der Waals surface area contributed by atoms with Crippen molar-refractivity contribution in [3.05, 3.63) is 34.3 Å². The van der Waals surface area contributed by atoms with Gasteiger partial charge in [0.15, 0.2) is 11.6 Å². The number of hydrogen-bond donors (Lipinski definition) is 1. The van der Waals surface area contributed by atoms with Crippen LogP contribution in [-0.2, 0) is 0 Å². The van der Waals surface area contributed by atoms with Gasteiger partial charge in [-0.05, 0) is 30.7 Å². The van der Waals surface area contributed by atoms with Crippen molar-refractivity contribution in [1.82, 2.24) is 15.0 Å². The van der Waals surface area contributed by atoms with Gasteiger partial charge in [-0.1, -0.05) is 17.7 Å². The van der Waals surface area contributed by atoms with Crippen LogP contribution in [0.3, 0.4) is 0 Å². The largest absolute Gasteiger partial charge is 0.421 e. The van der Waals surface area contributed by atoms with Gasteiger partial charge in [-0.25, -0.2) is 4.39 Å². The molecule has 0 atom stereocenters. The minimum atomic E-state index is -0.689. The zero-order valence-electron chi connectivity index (χ0n) is 9.82. The van der Waals surface area contributed by atoms with Crippen LogP contribution in [0.25, 0.3) is 0 Å². The molecule has 0 radical (unpaired) electrons. The zero-order chi connectivity index (χ0) is 13.8. The molecule has 1 aromatic carbocycles. The molecule has 0 aliphatic rings. The van der Waals surface area contributed by atoms with Crippen LogP contribution in [0.15, 0.2) is 18.2 Å². The van der Waals surface area contributed by atoms with Gasteiger partial charge in [-0.15, -0.1) is 0 Å². The number of rotatable bonds is 4. The maximum Gasteiger partial charge on any atom is 0.328 e. The zero-order valence-corrected chi connectivity index (χ0v) is 11.3. The molecule has 0 amide bonds. The Bertz CT molecular complexity index is 597. The van der Waals surface area contributed by atoms with E-state index in [4.69, 9.17) is 27.9 Å². The molecule has 1 aromatic heterocycles. The second kappa shape index (κ2) is 5.99. The van der Waals surface area contributed by atoms with Crippen LogP contribution >= 0.6 is 23.2 Å². The fraction of sp³-hybridized carbons (Fsp3) is 0.182. The smallest absolute Gasteiger partial charge is 0.328 e. The first-order valence-corrected chi connectivity index (χ1v) is 6.13. The summed E-state index contributed by atoms with van der Waals surface area (Å²) in [5.74, 6) is -0.525. The number of nitrogens with zero attached hydrogens (tertiary/aromatic N) is 3. The summed E-state index contributed by atoms with van der Waals surface area (Å²) in [7, 11) is 0. The molecule has 8 heteroatoms. The Morgan fingerprint density at radius 1 is 1.26 bits per heavy atom. The molecule has 0 bridgehead atoms. The SMILES string of the molecule is CCNc1nc(Cl)nc(Oc2cccc(Cl)c2F)n1. The molecule has 1 heterocycles. The summed E-state index contributed by atoms with van der Waals surface area (Å²) in [5, 5.41) is 2.75. The van der Waals surface area contributed by atoms with Crippen molar-refractivity contribution in [2.45, 2.75) is 6.92 Å². The predicted octanol–water partition coefficient (Wildman–Crippen LogP) is 3.54. The van der Waals surface area contributed by atoms with Crippen LogP contribution in [0.5, 0.6) is 11.8 Å². The highest BCUT2D eigenvalue weighted by molar-refractivity contribution is 6.30. The number of aromatic nitrogens is 3. The van der Waals surface area contributed by atoms with Crippen LogP contribution < -0.4 is 10.1 Å². The number of benzene rings is 1. The molecule has 0 saturated heterocycles. The summed E-state index contributed by atoms with van der Waals surface area (Å²) in [5.41, 5.74) is 0. The van der Waals surface area contributed by atoms with Crippen molar-refractivity contribution < 1.29 is 9.13 Å². The first kappa shape index (κ1) is 13.8. The third kappa shape index (κ3) is 3.42. The standard InChI is InChI=1S/C11H9Cl2FN4O/c1-2-15-10-16-9(13)17-11(18-10)19-7-5-3-4-6(12)8(7)14/h3-5H,2H2,1H3,(H,15,16,17,18). The number of hydrogen-bond acceptors (Lipinski definition) is 5. The Morgan fingerprint density at radius 3 is 2.79 bits per heavy atom. The number of ether oxygens (including phenoxy) is 1. The lowest BCUT2D eigenvalue weighted by atomic mass is 10.3. The highest BCUT2D eigenvalue weighted by atomic mass is 35.5. The molecule has 1 N–H and O–H groups in total. The molecule has 2 aromatic rings. The lowest BCUT2D eigenvalue weighted by Gasteiger charge is -2.07. The molecule has 0 unspecified atom stereocenters. The van der Waals surface area contributed by atoms with Crippen molar-refractivity contribution in [1.29, 1.82) is 0 Å². The highest BCUT2D eigenvalue weighted by Gasteiger charge is 2.12. The van der Waals surface area contributed by atoms with E-state index in [1.54, 1.807) is 6.07 Å². The normalized spacial score (nSPS) is 10.3. The number of halogens is 3. The van der Waals surface area contributed by atoms with Gasteiger partial charge in [0.25, 0.3) is 0 Å². The first-order chi connectivity index (χ1) is 9.10. The number of anilines is 1. The van der Waals surface area contributed by atoms with E-state index in [0.717, 1.165) is 0 Å². The first-order valence-electron chi connectivity index (χ1n) is 5.37. The average Bonchev–Trinajstić information content (AvgIpc) is 2.35. The van der Waals surface area contributed by atoms with Crippen LogP contribution in [0.4, 0.5) is 10.3 Å². The fourth-order valence-electron chi connectivity index (χ4n) is 1.28. The molecule has 0 fully saturated rings. The quantitative estimate of drug-likeness (QED) is 0.936. The average molecular weight is 303 g/mol. The van der Waals surface area contributed by atoms with E-state index >= 15 is 0 Å². The van der Waals surface area contributed by atoms with Crippen molar-refractivity contribution in [3.8, 4) is 11.8 Å². The maximum absolute atomic E-state index is 13.7. The summed E-state index contributed by atoms with van der Waals surface area (Å²) in [6.07, 6.45) is 0. The molecule has 0 saturated carbocycles. The molecule has 0 aliphatic heterocycles. The third-order valence-corrected chi connectivity index (χ3v) is 2.50. The maximum atomic E-state index is 13.7. The number of nitrogens with one attached hydrogen (secondary N) is 1. The Hall–Kier alpha value is -1.66. The van der Waals surface area contributed by atoms with Gasteiger partial charge in [0.1, 0.15) is 0 Å². The fourth-order valence-corrected chi connectivity index (χ4v) is 1.59. The van der Waals surface area contributed by atoms with Crippen molar-refractivity contribution >= 4 is 29.2 Å². The molecular weight excluding hydrogens is 294 g/mol. The van der Waals surface area contributed by atoms with E-state index in [1.807, 2.05) is 6.92 Å². The Labute approximate surface area is 118 Å². The van der Waals surface area contributed by atoms with Crippen molar-refractivity contribution in [2.24, 2.45) is 0 Å². The lowest BCUT2D eigenvalue weighted by Crippen LogP contribution is -2.05. The molecule has 2 rings (SSSR count). The minimum Gasteiger partial charge on any atom is -0.421 e. The summed E-state index contributed by atoms with van der Waals surface area (Å²) in [4.78, 5) is 11.5. The van der Waals surface area contributed by atoms with E-state index in [-0.39, 0.29) is 28.0 Å². The molecule has 19 heavy (non-hydrogen) atoms. The van der Waals surface area contributed by atoms with Gasteiger partial charge in [-0.3, -0.25) is 0 Å². The Kier molecular flexibility index (Phi) is 4.34. The minimum absolute atomic E-state index is 0.0513. The van der Waals surface area contributed by atoms with E-state index < -0.39 is 5.82 Å². The lowest BCUT2D eigenvalue weighted by molar-refractivity contribution is 0.410. The van der Waals surface area contributed by atoms with Crippen LogP contribution in [0.1, 0.15) is 6.92 Å². The summed E-state index contributed by atoms with van der Waals surface area (Å²) >= 11 is 11.4.